The van der Waals surface area contributed by atoms with Gasteiger partial charge in [-0.1, -0.05) is 6.07 Å². The molecule has 0 bridgehead atoms. The van der Waals surface area contributed by atoms with Gasteiger partial charge in [0.25, 0.3) is 0 Å². The molecule has 20 heavy (non-hydrogen) atoms. The van der Waals surface area contributed by atoms with E-state index >= 15 is 0 Å². The second-order valence-electron chi connectivity index (χ2n) is 5.11. The zero-order valence-corrected chi connectivity index (χ0v) is 12.8. The van der Waals surface area contributed by atoms with E-state index in [9.17, 15) is 9.18 Å². The summed E-state index contributed by atoms with van der Waals surface area (Å²) in [5.74, 6) is -0.299. The van der Waals surface area contributed by atoms with Gasteiger partial charge in [0, 0.05) is 18.5 Å². The summed E-state index contributed by atoms with van der Waals surface area (Å²) in [6.07, 6.45) is 0.780. The number of ether oxygens (including phenoxy) is 1. The maximum atomic E-state index is 13.5. The van der Waals surface area contributed by atoms with E-state index in [2.05, 4.69) is 5.32 Å². The Morgan fingerprint density at radius 2 is 2.10 bits per heavy atom. The summed E-state index contributed by atoms with van der Waals surface area (Å²) in [4.78, 5) is 11.7. The van der Waals surface area contributed by atoms with Gasteiger partial charge in [0.05, 0.1) is 7.11 Å². The van der Waals surface area contributed by atoms with Gasteiger partial charge in [-0.3, -0.25) is 4.79 Å². The van der Waals surface area contributed by atoms with Crippen molar-refractivity contribution in [2.24, 2.45) is 5.73 Å². The fraction of sp³-hybridized carbons (Fsp3) is 0.500. The minimum absolute atomic E-state index is 0. The molecule has 1 aromatic rings. The van der Waals surface area contributed by atoms with Crippen LogP contribution in [0.2, 0.25) is 0 Å². The van der Waals surface area contributed by atoms with Crippen LogP contribution in [0.4, 0.5) is 4.39 Å². The summed E-state index contributed by atoms with van der Waals surface area (Å²) < 4.78 is 18.3. The number of nitrogens with two attached hydrogens (primary N) is 1. The van der Waals surface area contributed by atoms with Crippen LogP contribution in [0, 0.1) is 5.82 Å². The molecule has 0 aliphatic carbocycles. The fourth-order valence-corrected chi connectivity index (χ4v) is 1.61. The van der Waals surface area contributed by atoms with Gasteiger partial charge in [0.15, 0.2) is 11.6 Å². The number of amides is 1. The van der Waals surface area contributed by atoms with Crippen LogP contribution < -0.4 is 15.8 Å². The summed E-state index contributed by atoms with van der Waals surface area (Å²) in [6.45, 7) is 4.09. The Labute approximate surface area is 125 Å². The Hall–Kier alpha value is -1.33. The molecule has 114 valence electrons. The highest BCUT2D eigenvalue weighted by atomic mass is 35.5. The second-order valence-corrected chi connectivity index (χ2v) is 5.11. The average Bonchev–Trinajstić information content (AvgIpc) is 2.36. The molecule has 0 fully saturated rings. The van der Waals surface area contributed by atoms with Crippen molar-refractivity contribution in [3.05, 3.63) is 29.6 Å². The van der Waals surface area contributed by atoms with E-state index in [1.165, 1.54) is 13.2 Å². The normalized spacial score (nSPS) is 10.7. The van der Waals surface area contributed by atoms with Crippen LogP contribution in [0.15, 0.2) is 18.2 Å². The molecule has 0 spiro atoms. The van der Waals surface area contributed by atoms with Crippen molar-refractivity contribution in [2.45, 2.75) is 32.2 Å². The molecule has 0 atom stereocenters. The molecule has 1 aromatic carbocycles. The lowest BCUT2D eigenvalue weighted by atomic mass is 10.0. The molecule has 1 amide bonds. The van der Waals surface area contributed by atoms with E-state index in [0.29, 0.717) is 19.4 Å². The number of carbonyl (C=O) groups is 1. The molecule has 1 rings (SSSR count). The van der Waals surface area contributed by atoms with Crippen molar-refractivity contribution >= 4 is 18.3 Å². The van der Waals surface area contributed by atoms with Crippen molar-refractivity contribution < 1.29 is 13.9 Å². The summed E-state index contributed by atoms with van der Waals surface area (Å²) in [5, 5.41) is 2.83. The third-order valence-corrected chi connectivity index (χ3v) is 2.85. The Morgan fingerprint density at radius 3 is 2.60 bits per heavy atom. The van der Waals surface area contributed by atoms with Crippen LogP contribution in [-0.2, 0) is 11.2 Å². The van der Waals surface area contributed by atoms with Gasteiger partial charge >= 0.3 is 0 Å². The van der Waals surface area contributed by atoms with Crippen molar-refractivity contribution in [3.8, 4) is 5.75 Å². The van der Waals surface area contributed by atoms with Gasteiger partial charge < -0.3 is 15.8 Å². The molecule has 0 radical (unpaired) electrons. The number of rotatable bonds is 6. The van der Waals surface area contributed by atoms with E-state index < -0.39 is 11.4 Å². The first-order valence-electron chi connectivity index (χ1n) is 6.21. The lowest BCUT2D eigenvalue weighted by molar-refractivity contribution is -0.122. The summed E-state index contributed by atoms with van der Waals surface area (Å²) in [5.41, 5.74) is 5.88. The SMILES string of the molecule is COc1ccc(CCC(=O)NC(C)(C)CN)cc1F.Cl. The highest BCUT2D eigenvalue weighted by molar-refractivity contribution is 5.85. The molecular formula is C14H22ClFN2O2. The van der Waals surface area contributed by atoms with Gasteiger partial charge in [-0.25, -0.2) is 4.39 Å². The number of hydrogen-bond acceptors (Lipinski definition) is 3. The highest BCUT2D eigenvalue weighted by Gasteiger charge is 2.17. The van der Waals surface area contributed by atoms with Crippen LogP contribution >= 0.6 is 12.4 Å². The molecular weight excluding hydrogens is 283 g/mol. The zero-order chi connectivity index (χ0) is 14.5. The summed E-state index contributed by atoms with van der Waals surface area (Å²) in [7, 11) is 1.42. The molecule has 0 unspecified atom stereocenters. The van der Waals surface area contributed by atoms with Crippen molar-refractivity contribution in [2.75, 3.05) is 13.7 Å². The molecule has 4 nitrogen and oxygen atoms in total. The molecule has 0 aliphatic heterocycles. The third-order valence-electron chi connectivity index (χ3n) is 2.85. The maximum Gasteiger partial charge on any atom is 0.220 e. The van der Waals surface area contributed by atoms with Crippen LogP contribution in [0.3, 0.4) is 0 Å². The summed E-state index contributed by atoms with van der Waals surface area (Å²) in [6, 6.07) is 4.70. The first-order chi connectivity index (χ1) is 8.88. The smallest absolute Gasteiger partial charge is 0.220 e. The zero-order valence-electron chi connectivity index (χ0n) is 12.0. The van der Waals surface area contributed by atoms with E-state index in [0.717, 1.165) is 5.56 Å². The first kappa shape index (κ1) is 18.7. The minimum Gasteiger partial charge on any atom is -0.494 e. The van der Waals surface area contributed by atoms with E-state index in [-0.39, 0.29) is 24.1 Å². The number of nitrogens with one attached hydrogen (secondary N) is 1. The Morgan fingerprint density at radius 1 is 1.45 bits per heavy atom. The average molecular weight is 305 g/mol. The van der Waals surface area contributed by atoms with E-state index in [1.807, 2.05) is 13.8 Å². The lowest BCUT2D eigenvalue weighted by Crippen LogP contribution is -2.48. The standard InChI is InChI=1S/C14H21FN2O2.ClH/c1-14(2,9-16)17-13(18)7-5-10-4-6-12(19-3)11(15)8-10;/h4,6,8H,5,7,9,16H2,1-3H3,(H,17,18);1H. The van der Waals surface area contributed by atoms with Crippen molar-refractivity contribution in [3.63, 3.8) is 0 Å². The predicted octanol–water partition coefficient (Wildman–Crippen LogP) is 2.04. The molecule has 0 saturated carbocycles. The quantitative estimate of drug-likeness (QED) is 0.845. The monoisotopic (exact) mass is 304 g/mol. The van der Waals surface area contributed by atoms with Gasteiger partial charge in [-0.15, -0.1) is 12.4 Å². The second kappa shape index (κ2) is 8.07. The van der Waals surface area contributed by atoms with Crippen LogP contribution in [-0.4, -0.2) is 25.1 Å². The molecule has 0 aromatic heterocycles. The number of hydrogen-bond donors (Lipinski definition) is 2. The third kappa shape index (κ3) is 5.75. The van der Waals surface area contributed by atoms with Crippen molar-refractivity contribution in [1.82, 2.24) is 5.32 Å². The largest absolute Gasteiger partial charge is 0.494 e. The molecule has 6 heteroatoms. The van der Waals surface area contributed by atoms with Gasteiger partial charge in [-0.2, -0.15) is 0 Å². The van der Waals surface area contributed by atoms with E-state index in [1.54, 1.807) is 12.1 Å². The number of halogens is 2. The van der Waals surface area contributed by atoms with Crippen LogP contribution in [0.1, 0.15) is 25.8 Å². The van der Waals surface area contributed by atoms with Gasteiger partial charge in [0.1, 0.15) is 0 Å². The fourth-order valence-electron chi connectivity index (χ4n) is 1.61. The Balaban J connectivity index is 0.00000361. The maximum absolute atomic E-state index is 13.5. The molecule has 0 heterocycles. The minimum atomic E-state index is -0.414. The number of carbonyl (C=O) groups excluding carboxylic acids is 1. The van der Waals surface area contributed by atoms with E-state index in [4.69, 9.17) is 10.5 Å². The first-order valence-corrected chi connectivity index (χ1v) is 6.21. The molecule has 3 N–H and O–H groups in total. The van der Waals surface area contributed by atoms with Gasteiger partial charge in [0.2, 0.25) is 5.91 Å². The number of methoxy groups -OCH3 is 1. The number of aryl methyl sites for hydroxylation is 1. The Kier molecular flexibility index (Phi) is 7.53. The van der Waals surface area contributed by atoms with Crippen LogP contribution in [0.5, 0.6) is 5.75 Å². The number of benzene rings is 1. The van der Waals surface area contributed by atoms with Crippen molar-refractivity contribution in [1.29, 1.82) is 0 Å². The van der Waals surface area contributed by atoms with Crippen LogP contribution in [0.25, 0.3) is 0 Å². The highest BCUT2D eigenvalue weighted by Crippen LogP contribution is 2.18. The topological polar surface area (TPSA) is 64.3 Å². The molecule has 0 aliphatic rings. The predicted molar refractivity (Wildman–Crippen MR) is 79.8 cm³/mol. The lowest BCUT2D eigenvalue weighted by Gasteiger charge is -2.24. The molecule has 0 saturated heterocycles. The summed E-state index contributed by atoms with van der Waals surface area (Å²) >= 11 is 0. The van der Waals surface area contributed by atoms with Gasteiger partial charge in [-0.05, 0) is 38.0 Å². The Bertz CT molecular complexity index is 453.